The van der Waals surface area contributed by atoms with Crippen LogP contribution in [0.25, 0.3) is 22.0 Å². The van der Waals surface area contributed by atoms with E-state index in [0.29, 0.717) is 12.3 Å². The first kappa shape index (κ1) is 22.3. The minimum Gasteiger partial charge on any atom is -0.479 e. The van der Waals surface area contributed by atoms with Crippen molar-refractivity contribution in [1.82, 2.24) is 9.97 Å². The summed E-state index contributed by atoms with van der Waals surface area (Å²) < 4.78 is 5.92. The summed E-state index contributed by atoms with van der Waals surface area (Å²) >= 11 is 1.56. The lowest BCUT2D eigenvalue weighted by Gasteiger charge is -2.33. The zero-order valence-corrected chi connectivity index (χ0v) is 20.6. The van der Waals surface area contributed by atoms with Gasteiger partial charge in [0.15, 0.2) is 6.10 Å². The Hall–Kier alpha value is -3.51. The maximum Gasteiger partial charge on any atom is 0.268 e. The minimum atomic E-state index is -0.526. The summed E-state index contributed by atoms with van der Waals surface area (Å²) in [6, 6.07) is 20.2. The van der Waals surface area contributed by atoms with Crippen LogP contribution < -0.4 is 9.64 Å². The molecule has 0 fully saturated rings. The standard InChI is InChI=1S/C28H27N3O2S/c1-18-27(32)31(16-19-8-11-21(12-9-19)28(2,3)4)24-15-20(10-13-25(24)33-18)23-17-34-26(30-23)22-7-5-6-14-29-22/h5-15,17-18H,16H2,1-4H3. The summed E-state index contributed by atoms with van der Waals surface area (Å²) in [5, 5.41) is 2.89. The molecule has 1 amide bonds. The number of hydrogen-bond donors (Lipinski definition) is 0. The number of ether oxygens (including phenoxy) is 1. The number of carbonyl (C=O) groups is 1. The van der Waals surface area contributed by atoms with Crippen molar-refractivity contribution in [2.75, 3.05) is 4.90 Å². The van der Waals surface area contributed by atoms with Crippen molar-refractivity contribution >= 4 is 22.9 Å². The maximum absolute atomic E-state index is 13.1. The van der Waals surface area contributed by atoms with E-state index in [1.165, 1.54) is 5.56 Å². The van der Waals surface area contributed by atoms with Gasteiger partial charge in [-0.1, -0.05) is 51.1 Å². The molecule has 2 aromatic carbocycles. The van der Waals surface area contributed by atoms with Crippen molar-refractivity contribution in [3.63, 3.8) is 0 Å². The first-order valence-corrected chi connectivity index (χ1v) is 12.3. The van der Waals surface area contributed by atoms with Crippen molar-refractivity contribution in [3.05, 3.63) is 83.4 Å². The van der Waals surface area contributed by atoms with Gasteiger partial charge < -0.3 is 9.64 Å². The smallest absolute Gasteiger partial charge is 0.268 e. The van der Waals surface area contributed by atoms with Crippen molar-refractivity contribution in [2.24, 2.45) is 0 Å². The van der Waals surface area contributed by atoms with Crippen LogP contribution in [-0.4, -0.2) is 22.0 Å². The number of thiazole rings is 1. The summed E-state index contributed by atoms with van der Waals surface area (Å²) in [7, 11) is 0. The number of rotatable bonds is 4. The van der Waals surface area contributed by atoms with Crippen molar-refractivity contribution in [2.45, 2.75) is 45.8 Å². The van der Waals surface area contributed by atoms with Gasteiger partial charge in [0.05, 0.1) is 23.6 Å². The first-order chi connectivity index (χ1) is 16.3. The van der Waals surface area contributed by atoms with E-state index in [1.54, 1.807) is 24.5 Å². The van der Waals surface area contributed by atoms with Gasteiger partial charge in [0, 0.05) is 17.1 Å². The fraction of sp³-hybridized carbons (Fsp3) is 0.250. The molecular weight excluding hydrogens is 442 g/mol. The van der Waals surface area contributed by atoms with Crippen LogP contribution >= 0.6 is 11.3 Å². The Morgan fingerprint density at radius 2 is 1.82 bits per heavy atom. The van der Waals surface area contributed by atoms with Crippen LogP contribution in [0.3, 0.4) is 0 Å². The van der Waals surface area contributed by atoms with E-state index in [-0.39, 0.29) is 11.3 Å². The molecule has 2 aromatic heterocycles. The number of amides is 1. The highest BCUT2D eigenvalue weighted by Gasteiger charge is 2.32. The number of anilines is 1. The SMILES string of the molecule is CC1Oc2ccc(-c3csc(-c4ccccn4)n3)cc2N(Cc2ccc(C(C)(C)C)cc2)C1=O. The molecule has 0 radical (unpaired) electrons. The Labute approximate surface area is 204 Å². The van der Waals surface area contributed by atoms with Crippen molar-refractivity contribution in [3.8, 4) is 27.7 Å². The lowest BCUT2D eigenvalue weighted by atomic mass is 9.86. The molecule has 4 aromatic rings. The molecule has 0 N–H and O–H groups in total. The van der Waals surface area contributed by atoms with Gasteiger partial charge >= 0.3 is 0 Å². The zero-order valence-electron chi connectivity index (χ0n) is 19.8. The molecule has 6 heteroatoms. The van der Waals surface area contributed by atoms with Gasteiger partial charge in [-0.15, -0.1) is 11.3 Å². The maximum atomic E-state index is 13.1. The molecule has 0 spiro atoms. The van der Waals surface area contributed by atoms with Crippen LogP contribution in [0, 0.1) is 0 Å². The molecule has 1 aliphatic heterocycles. The van der Waals surface area contributed by atoms with Gasteiger partial charge in [0.2, 0.25) is 0 Å². The predicted octanol–water partition coefficient (Wildman–Crippen LogP) is 6.48. The van der Waals surface area contributed by atoms with Crippen LogP contribution in [0.5, 0.6) is 5.75 Å². The molecule has 172 valence electrons. The first-order valence-electron chi connectivity index (χ1n) is 11.4. The summed E-state index contributed by atoms with van der Waals surface area (Å²) in [6.07, 6.45) is 1.24. The molecule has 0 saturated carbocycles. The Morgan fingerprint density at radius 3 is 2.53 bits per heavy atom. The molecular formula is C28H27N3O2S. The fourth-order valence-electron chi connectivity index (χ4n) is 4.04. The lowest BCUT2D eigenvalue weighted by molar-refractivity contribution is -0.125. The number of benzene rings is 2. The quantitative estimate of drug-likeness (QED) is 0.343. The Kier molecular flexibility index (Phi) is 5.70. The van der Waals surface area contributed by atoms with Gasteiger partial charge in [-0.3, -0.25) is 9.78 Å². The van der Waals surface area contributed by atoms with Crippen LogP contribution in [0.2, 0.25) is 0 Å². The number of aromatic nitrogens is 2. The number of fused-ring (bicyclic) bond motifs is 1. The number of nitrogens with zero attached hydrogens (tertiary/aromatic N) is 3. The van der Waals surface area contributed by atoms with Crippen molar-refractivity contribution in [1.29, 1.82) is 0 Å². The Morgan fingerprint density at radius 1 is 1.03 bits per heavy atom. The molecule has 0 saturated heterocycles. The molecule has 0 aliphatic carbocycles. The summed E-state index contributed by atoms with van der Waals surface area (Å²) in [4.78, 5) is 24.1. The van der Waals surface area contributed by atoms with Crippen LogP contribution in [-0.2, 0) is 16.8 Å². The van der Waals surface area contributed by atoms with E-state index >= 15 is 0 Å². The fourth-order valence-corrected chi connectivity index (χ4v) is 4.84. The van der Waals surface area contributed by atoms with Gasteiger partial charge in [-0.25, -0.2) is 4.98 Å². The van der Waals surface area contributed by atoms with Gasteiger partial charge in [-0.2, -0.15) is 0 Å². The third-order valence-corrected chi connectivity index (χ3v) is 6.88. The van der Waals surface area contributed by atoms with Crippen LogP contribution in [0.1, 0.15) is 38.8 Å². The number of pyridine rings is 1. The molecule has 1 unspecified atom stereocenters. The van der Waals surface area contributed by atoms with E-state index in [4.69, 9.17) is 9.72 Å². The average molecular weight is 470 g/mol. The summed E-state index contributed by atoms with van der Waals surface area (Å²) in [5.74, 6) is 0.666. The lowest BCUT2D eigenvalue weighted by Crippen LogP contribution is -2.44. The van der Waals surface area contributed by atoms with Gasteiger partial charge in [0.1, 0.15) is 10.8 Å². The normalized spacial score (nSPS) is 15.7. The van der Waals surface area contributed by atoms with Gasteiger partial charge in [0.25, 0.3) is 5.91 Å². The van der Waals surface area contributed by atoms with Crippen LogP contribution in [0.4, 0.5) is 5.69 Å². The predicted molar refractivity (Wildman–Crippen MR) is 137 cm³/mol. The minimum absolute atomic E-state index is 0.0444. The molecule has 1 atom stereocenters. The highest BCUT2D eigenvalue weighted by atomic mass is 32.1. The van der Waals surface area contributed by atoms with E-state index < -0.39 is 6.10 Å². The molecule has 5 nitrogen and oxygen atoms in total. The second-order valence-corrected chi connectivity index (χ2v) is 10.4. The molecule has 5 rings (SSSR count). The Bertz CT molecular complexity index is 1320. The van der Waals surface area contributed by atoms with E-state index in [1.807, 2.05) is 46.7 Å². The van der Waals surface area contributed by atoms with Gasteiger partial charge in [-0.05, 0) is 53.8 Å². The second-order valence-electron chi connectivity index (χ2n) is 9.57. The van der Waals surface area contributed by atoms with Crippen molar-refractivity contribution < 1.29 is 9.53 Å². The highest BCUT2D eigenvalue weighted by Crippen LogP contribution is 2.39. The zero-order chi connectivity index (χ0) is 23.9. The van der Waals surface area contributed by atoms with Crippen LogP contribution in [0.15, 0.2) is 72.2 Å². The highest BCUT2D eigenvalue weighted by molar-refractivity contribution is 7.13. The topological polar surface area (TPSA) is 55.3 Å². The number of hydrogen-bond acceptors (Lipinski definition) is 5. The van der Waals surface area contributed by atoms with E-state index in [0.717, 1.165) is 33.2 Å². The van der Waals surface area contributed by atoms with E-state index in [2.05, 4.69) is 50.0 Å². The monoisotopic (exact) mass is 469 g/mol. The third-order valence-electron chi connectivity index (χ3n) is 6.01. The molecule has 34 heavy (non-hydrogen) atoms. The third kappa shape index (κ3) is 4.33. The Balaban J connectivity index is 1.47. The second kappa shape index (κ2) is 8.69. The molecule has 0 bridgehead atoms. The summed E-state index contributed by atoms with van der Waals surface area (Å²) in [5.41, 5.74) is 5.86. The largest absolute Gasteiger partial charge is 0.479 e. The summed E-state index contributed by atoms with van der Waals surface area (Å²) in [6.45, 7) is 8.89. The average Bonchev–Trinajstić information content (AvgIpc) is 3.32. The molecule has 3 heterocycles. The van der Waals surface area contributed by atoms with E-state index in [9.17, 15) is 4.79 Å². The molecule has 1 aliphatic rings. The number of carbonyl (C=O) groups excluding carboxylic acids is 1.